The van der Waals surface area contributed by atoms with Crippen molar-refractivity contribution in [1.82, 2.24) is 0 Å². The summed E-state index contributed by atoms with van der Waals surface area (Å²) in [5.41, 5.74) is 2.49. The Morgan fingerprint density at radius 3 is 2.09 bits per heavy atom. The van der Waals surface area contributed by atoms with Gasteiger partial charge in [0.05, 0.1) is 19.8 Å². The maximum atomic E-state index is 13.1. The molecule has 2 aromatic rings. The van der Waals surface area contributed by atoms with E-state index >= 15 is 0 Å². The SMILES string of the molecule is CCOc1cc(C(=O)Nc2ccc3c(c2)N(C(=O)C(C)(C)C)CC3)cc(OCC)c1OCC. The molecule has 7 heteroatoms. The number of ether oxygens (including phenoxy) is 3. The largest absolute Gasteiger partial charge is 0.490 e. The summed E-state index contributed by atoms with van der Waals surface area (Å²) in [5.74, 6) is 1.19. The summed E-state index contributed by atoms with van der Waals surface area (Å²) in [7, 11) is 0. The van der Waals surface area contributed by atoms with Gasteiger partial charge in [-0.25, -0.2) is 0 Å². The lowest BCUT2D eigenvalue weighted by molar-refractivity contribution is -0.125. The predicted octanol–water partition coefficient (Wildman–Crippen LogP) is 5.07. The second-order valence-electron chi connectivity index (χ2n) is 8.86. The molecule has 178 valence electrons. The van der Waals surface area contributed by atoms with Crippen molar-refractivity contribution < 1.29 is 23.8 Å². The monoisotopic (exact) mass is 454 g/mol. The zero-order valence-corrected chi connectivity index (χ0v) is 20.4. The highest BCUT2D eigenvalue weighted by molar-refractivity contribution is 6.06. The molecule has 0 saturated heterocycles. The molecule has 0 unspecified atom stereocenters. The molecule has 2 amide bonds. The summed E-state index contributed by atoms with van der Waals surface area (Å²) >= 11 is 0. The number of rotatable bonds is 8. The number of benzene rings is 2. The average Bonchev–Trinajstić information content (AvgIpc) is 3.18. The highest BCUT2D eigenvalue weighted by Crippen LogP contribution is 2.39. The molecule has 33 heavy (non-hydrogen) atoms. The van der Waals surface area contributed by atoms with Gasteiger partial charge in [0.2, 0.25) is 11.7 Å². The fourth-order valence-electron chi connectivity index (χ4n) is 3.80. The van der Waals surface area contributed by atoms with Crippen molar-refractivity contribution in [2.24, 2.45) is 5.41 Å². The highest BCUT2D eigenvalue weighted by Gasteiger charge is 2.32. The molecule has 0 saturated carbocycles. The normalized spacial score (nSPS) is 12.8. The summed E-state index contributed by atoms with van der Waals surface area (Å²) < 4.78 is 17.2. The van der Waals surface area contributed by atoms with Crippen LogP contribution in [0.15, 0.2) is 30.3 Å². The molecule has 0 aromatic heterocycles. The second kappa shape index (κ2) is 10.1. The van der Waals surface area contributed by atoms with E-state index in [-0.39, 0.29) is 11.8 Å². The van der Waals surface area contributed by atoms with Crippen LogP contribution in [0.3, 0.4) is 0 Å². The van der Waals surface area contributed by atoms with E-state index < -0.39 is 5.41 Å². The number of carbonyl (C=O) groups is 2. The Morgan fingerprint density at radius 1 is 0.939 bits per heavy atom. The Balaban J connectivity index is 1.89. The van der Waals surface area contributed by atoms with Crippen LogP contribution in [0.5, 0.6) is 17.2 Å². The van der Waals surface area contributed by atoms with Gasteiger partial charge in [0, 0.05) is 28.9 Å². The molecule has 0 spiro atoms. The van der Waals surface area contributed by atoms with Crippen molar-refractivity contribution in [3.05, 3.63) is 41.5 Å². The predicted molar refractivity (Wildman–Crippen MR) is 130 cm³/mol. The van der Waals surface area contributed by atoms with E-state index in [1.165, 1.54) is 0 Å². The Morgan fingerprint density at radius 2 is 1.55 bits per heavy atom. The van der Waals surface area contributed by atoms with E-state index in [9.17, 15) is 9.59 Å². The van der Waals surface area contributed by atoms with E-state index in [0.717, 1.165) is 17.7 Å². The summed E-state index contributed by atoms with van der Waals surface area (Å²) in [6.07, 6.45) is 0.805. The van der Waals surface area contributed by atoms with Crippen molar-refractivity contribution in [3.8, 4) is 17.2 Å². The van der Waals surface area contributed by atoms with Crippen molar-refractivity contribution >= 4 is 23.2 Å². The minimum absolute atomic E-state index is 0.0685. The number of hydrogen-bond donors (Lipinski definition) is 1. The lowest BCUT2D eigenvalue weighted by Gasteiger charge is -2.26. The van der Waals surface area contributed by atoms with E-state index in [2.05, 4.69) is 5.32 Å². The summed E-state index contributed by atoms with van der Waals surface area (Å²) in [6.45, 7) is 13.3. The lowest BCUT2D eigenvalue weighted by atomic mass is 9.94. The molecular formula is C26H34N2O5. The minimum Gasteiger partial charge on any atom is -0.490 e. The zero-order chi connectivity index (χ0) is 24.2. The molecule has 3 rings (SSSR count). The first kappa shape index (κ1) is 24.4. The first-order valence-electron chi connectivity index (χ1n) is 11.5. The summed E-state index contributed by atoms with van der Waals surface area (Å²) in [5, 5.41) is 2.95. The van der Waals surface area contributed by atoms with Crippen LogP contribution in [0.25, 0.3) is 0 Å². The van der Waals surface area contributed by atoms with E-state index in [4.69, 9.17) is 14.2 Å². The molecule has 1 aliphatic heterocycles. The fourth-order valence-corrected chi connectivity index (χ4v) is 3.80. The molecule has 1 aliphatic rings. The molecule has 0 bridgehead atoms. The first-order valence-corrected chi connectivity index (χ1v) is 11.5. The number of amides is 2. The van der Waals surface area contributed by atoms with Crippen LogP contribution in [0.1, 0.15) is 57.5 Å². The van der Waals surface area contributed by atoms with Gasteiger partial charge >= 0.3 is 0 Å². The molecule has 1 heterocycles. The van der Waals surface area contributed by atoms with Gasteiger partial charge in [-0.15, -0.1) is 0 Å². The van der Waals surface area contributed by atoms with Gasteiger partial charge in [-0.1, -0.05) is 26.8 Å². The maximum absolute atomic E-state index is 13.1. The van der Waals surface area contributed by atoms with Crippen molar-refractivity contribution in [2.45, 2.75) is 48.0 Å². The van der Waals surface area contributed by atoms with Gasteiger partial charge in [-0.05, 0) is 57.0 Å². The van der Waals surface area contributed by atoms with Crippen molar-refractivity contribution in [3.63, 3.8) is 0 Å². The Hall–Kier alpha value is -3.22. The van der Waals surface area contributed by atoms with E-state index in [1.807, 2.05) is 64.6 Å². The highest BCUT2D eigenvalue weighted by atomic mass is 16.5. The first-order chi connectivity index (χ1) is 15.7. The third-order valence-electron chi connectivity index (χ3n) is 5.30. The number of anilines is 2. The number of nitrogens with one attached hydrogen (secondary N) is 1. The van der Waals surface area contributed by atoms with Gasteiger partial charge in [0.15, 0.2) is 11.5 Å². The Labute approximate surface area is 196 Å². The molecular weight excluding hydrogens is 420 g/mol. The molecule has 0 fully saturated rings. The lowest BCUT2D eigenvalue weighted by Crippen LogP contribution is -2.38. The Bertz CT molecular complexity index is 999. The van der Waals surface area contributed by atoms with Crippen LogP contribution in [0.2, 0.25) is 0 Å². The number of carbonyl (C=O) groups excluding carboxylic acids is 2. The van der Waals surface area contributed by atoms with Crippen LogP contribution >= 0.6 is 0 Å². The molecule has 0 radical (unpaired) electrons. The minimum atomic E-state index is -0.478. The van der Waals surface area contributed by atoms with Crippen LogP contribution in [-0.4, -0.2) is 38.2 Å². The molecule has 1 N–H and O–H groups in total. The standard InChI is InChI=1S/C26H34N2O5/c1-7-31-21-14-18(15-22(32-8-2)23(21)33-9-3)24(29)27-19-11-10-17-12-13-28(20(17)16-19)25(30)26(4,5)6/h10-11,14-16H,7-9,12-13H2,1-6H3,(H,27,29). The van der Waals surface area contributed by atoms with Crippen LogP contribution in [0.4, 0.5) is 11.4 Å². The number of fused-ring (bicyclic) bond motifs is 1. The van der Waals surface area contributed by atoms with Crippen molar-refractivity contribution in [2.75, 3.05) is 36.6 Å². The molecule has 0 atom stereocenters. The van der Waals surface area contributed by atoms with Crippen LogP contribution in [-0.2, 0) is 11.2 Å². The van der Waals surface area contributed by atoms with Gasteiger partial charge < -0.3 is 24.4 Å². The third kappa shape index (κ3) is 5.41. The average molecular weight is 455 g/mol. The topological polar surface area (TPSA) is 77.1 Å². The van der Waals surface area contributed by atoms with Gasteiger partial charge in [-0.3, -0.25) is 9.59 Å². The maximum Gasteiger partial charge on any atom is 0.255 e. The quantitative estimate of drug-likeness (QED) is 0.603. The van der Waals surface area contributed by atoms with Gasteiger partial charge in [-0.2, -0.15) is 0 Å². The van der Waals surface area contributed by atoms with Crippen LogP contribution < -0.4 is 24.4 Å². The van der Waals surface area contributed by atoms with E-state index in [0.29, 0.717) is 54.9 Å². The van der Waals surface area contributed by atoms with E-state index in [1.54, 1.807) is 12.1 Å². The van der Waals surface area contributed by atoms with Crippen LogP contribution in [0, 0.1) is 5.41 Å². The second-order valence-corrected chi connectivity index (χ2v) is 8.86. The number of hydrogen-bond acceptors (Lipinski definition) is 5. The van der Waals surface area contributed by atoms with Crippen molar-refractivity contribution in [1.29, 1.82) is 0 Å². The van der Waals surface area contributed by atoms with Gasteiger partial charge in [0.1, 0.15) is 0 Å². The number of nitrogens with zero attached hydrogens (tertiary/aromatic N) is 1. The third-order valence-corrected chi connectivity index (χ3v) is 5.30. The fraction of sp³-hybridized carbons (Fsp3) is 0.462. The van der Waals surface area contributed by atoms with Gasteiger partial charge in [0.25, 0.3) is 5.91 Å². The molecule has 0 aliphatic carbocycles. The molecule has 2 aromatic carbocycles. The Kier molecular flexibility index (Phi) is 7.51. The summed E-state index contributed by atoms with van der Waals surface area (Å²) in [4.78, 5) is 27.8. The smallest absolute Gasteiger partial charge is 0.255 e. The zero-order valence-electron chi connectivity index (χ0n) is 20.4. The summed E-state index contributed by atoms with van der Waals surface area (Å²) in [6, 6.07) is 9.02. The molecule has 7 nitrogen and oxygen atoms in total.